The fourth-order valence-electron chi connectivity index (χ4n) is 3.14. The first-order valence-corrected chi connectivity index (χ1v) is 9.36. The number of nitrogens with one attached hydrogen (secondary N) is 1. The summed E-state index contributed by atoms with van der Waals surface area (Å²) in [5.74, 6) is 0.799. The molecule has 0 aliphatic carbocycles. The number of aromatic nitrogens is 2. The molecule has 1 N–H and O–H groups in total. The number of nitrogens with zero attached hydrogens (tertiary/aromatic N) is 3. The highest BCUT2D eigenvalue weighted by atomic mass is 16.5. The number of amides is 1. The standard InChI is InChI=1S/C22H22N4O2/c27-22(25-13-17-4-2-1-3-5-17)20-12-19(14-23-15-20)18-6-7-21(24-16-18)26-8-10-28-11-9-26/h1-7,12,14-16H,8-11,13H2,(H,25,27). The van der Waals surface area contributed by atoms with Gasteiger partial charge in [-0.15, -0.1) is 0 Å². The van der Waals surface area contributed by atoms with E-state index in [2.05, 4.69) is 20.2 Å². The van der Waals surface area contributed by atoms with E-state index in [-0.39, 0.29) is 5.91 Å². The molecule has 1 fully saturated rings. The first-order chi connectivity index (χ1) is 13.8. The van der Waals surface area contributed by atoms with E-state index < -0.39 is 0 Å². The fourth-order valence-corrected chi connectivity index (χ4v) is 3.14. The van der Waals surface area contributed by atoms with Crippen molar-refractivity contribution in [2.75, 3.05) is 31.2 Å². The molecule has 142 valence electrons. The van der Waals surface area contributed by atoms with Crippen LogP contribution in [-0.2, 0) is 11.3 Å². The molecule has 1 saturated heterocycles. The van der Waals surface area contributed by atoms with E-state index in [1.54, 1.807) is 12.4 Å². The highest BCUT2D eigenvalue weighted by Crippen LogP contribution is 2.21. The molecule has 1 aliphatic rings. The molecule has 1 amide bonds. The molecular weight excluding hydrogens is 352 g/mol. The predicted octanol–water partition coefficient (Wildman–Crippen LogP) is 2.91. The molecular formula is C22H22N4O2. The Kier molecular flexibility index (Phi) is 5.58. The summed E-state index contributed by atoms with van der Waals surface area (Å²) in [4.78, 5) is 23.5. The van der Waals surface area contributed by atoms with Gasteiger partial charge in [0, 0.05) is 49.4 Å². The molecule has 0 saturated carbocycles. The second kappa shape index (κ2) is 8.63. The van der Waals surface area contributed by atoms with Gasteiger partial charge in [0.2, 0.25) is 0 Å². The lowest BCUT2D eigenvalue weighted by Gasteiger charge is -2.27. The summed E-state index contributed by atoms with van der Waals surface area (Å²) in [6.45, 7) is 3.65. The van der Waals surface area contributed by atoms with E-state index >= 15 is 0 Å². The number of carbonyl (C=O) groups excluding carboxylic acids is 1. The van der Waals surface area contributed by atoms with Gasteiger partial charge >= 0.3 is 0 Å². The first-order valence-electron chi connectivity index (χ1n) is 9.36. The normalized spacial score (nSPS) is 13.9. The summed E-state index contributed by atoms with van der Waals surface area (Å²) in [6.07, 6.45) is 5.16. The van der Waals surface area contributed by atoms with E-state index in [0.29, 0.717) is 12.1 Å². The molecule has 4 rings (SSSR count). The third-order valence-corrected chi connectivity index (χ3v) is 4.71. The monoisotopic (exact) mass is 374 g/mol. The molecule has 0 radical (unpaired) electrons. The van der Waals surface area contributed by atoms with Crippen LogP contribution in [0.5, 0.6) is 0 Å². The van der Waals surface area contributed by atoms with Crippen molar-refractivity contribution in [2.45, 2.75) is 6.54 Å². The number of morpholine rings is 1. The third kappa shape index (κ3) is 4.35. The van der Waals surface area contributed by atoms with Crippen molar-refractivity contribution >= 4 is 11.7 Å². The molecule has 0 atom stereocenters. The summed E-state index contributed by atoms with van der Waals surface area (Å²) in [5, 5.41) is 2.93. The largest absolute Gasteiger partial charge is 0.378 e. The Morgan fingerprint density at radius 1 is 1.00 bits per heavy atom. The molecule has 3 aromatic rings. The third-order valence-electron chi connectivity index (χ3n) is 4.71. The van der Waals surface area contributed by atoms with Crippen molar-refractivity contribution < 1.29 is 9.53 Å². The zero-order valence-corrected chi connectivity index (χ0v) is 15.5. The number of ether oxygens (including phenoxy) is 1. The van der Waals surface area contributed by atoms with Gasteiger partial charge in [0.25, 0.3) is 5.91 Å². The lowest BCUT2D eigenvalue weighted by atomic mass is 10.1. The van der Waals surface area contributed by atoms with Gasteiger partial charge in [-0.25, -0.2) is 4.98 Å². The van der Waals surface area contributed by atoms with Crippen LogP contribution >= 0.6 is 0 Å². The molecule has 6 nitrogen and oxygen atoms in total. The molecule has 28 heavy (non-hydrogen) atoms. The van der Waals surface area contributed by atoms with E-state index in [9.17, 15) is 4.79 Å². The number of hydrogen-bond acceptors (Lipinski definition) is 5. The Labute approximate surface area is 164 Å². The van der Waals surface area contributed by atoms with Crippen LogP contribution in [0.3, 0.4) is 0 Å². The maximum absolute atomic E-state index is 12.5. The van der Waals surface area contributed by atoms with E-state index in [0.717, 1.165) is 48.8 Å². The summed E-state index contributed by atoms with van der Waals surface area (Å²) in [5.41, 5.74) is 3.39. The minimum Gasteiger partial charge on any atom is -0.378 e. The molecule has 2 aromatic heterocycles. The van der Waals surface area contributed by atoms with E-state index in [1.165, 1.54) is 0 Å². The van der Waals surface area contributed by atoms with Crippen molar-refractivity contribution in [3.63, 3.8) is 0 Å². The maximum Gasteiger partial charge on any atom is 0.253 e. The Morgan fingerprint density at radius 3 is 2.57 bits per heavy atom. The van der Waals surface area contributed by atoms with E-state index in [4.69, 9.17) is 4.74 Å². The Hall–Kier alpha value is -3.25. The van der Waals surface area contributed by atoms with Gasteiger partial charge in [0.15, 0.2) is 0 Å². The smallest absolute Gasteiger partial charge is 0.253 e. The zero-order chi connectivity index (χ0) is 19.2. The van der Waals surface area contributed by atoms with Gasteiger partial charge in [-0.2, -0.15) is 0 Å². The van der Waals surface area contributed by atoms with Gasteiger partial charge < -0.3 is 15.0 Å². The highest BCUT2D eigenvalue weighted by Gasteiger charge is 2.13. The van der Waals surface area contributed by atoms with Crippen molar-refractivity contribution in [2.24, 2.45) is 0 Å². The van der Waals surface area contributed by atoms with Gasteiger partial charge in [-0.3, -0.25) is 9.78 Å². The number of pyridine rings is 2. The minimum atomic E-state index is -0.143. The summed E-state index contributed by atoms with van der Waals surface area (Å²) in [6, 6.07) is 15.7. The van der Waals surface area contributed by atoms with Crippen molar-refractivity contribution in [3.05, 3.63) is 78.2 Å². The lowest BCUT2D eigenvalue weighted by Crippen LogP contribution is -2.36. The van der Waals surface area contributed by atoms with Crippen LogP contribution in [0.4, 0.5) is 5.82 Å². The molecule has 1 aromatic carbocycles. The minimum absolute atomic E-state index is 0.143. The Morgan fingerprint density at radius 2 is 1.82 bits per heavy atom. The summed E-state index contributed by atoms with van der Waals surface area (Å²) >= 11 is 0. The second-order valence-corrected chi connectivity index (χ2v) is 6.64. The van der Waals surface area contributed by atoms with Crippen molar-refractivity contribution in [1.29, 1.82) is 0 Å². The number of rotatable bonds is 5. The molecule has 3 heterocycles. The SMILES string of the molecule is O=C(NCc1ccccc1)c1cncc(-c2ccc(N3CCOCC3)nc2)c1. The van der Waals surface area contributed by atoms with Crippen molar-refractivity contribution in [1.82, 2.24) is 15.3 Å². The van der Waals surface area contributed by atoms with Crippen LogP contribution < -0.4 is 10.2 Å². The maximum atomic E-state index is 12.5. The molecule has 1 aliphatic heterocycles. The molecule has 6 heteroatoms. The van der Waals surface area contributed by atoms with Gasteiger partial charge in [0.1, 0.15) is 5.82 Å². The number of hydrogen-bond donors (Lipinski definition) is 1. The molecule has 0 unspecified atom stereocenters. The van der Waals surface area contributed by atoms with Gasteiger partial charge in [-0.1, -0.05) is 30.3 Å². The van der Waals surface area contributed by atoms with Crippen LogP contribution in [0.2, 0.25) is 0 Å². The van der Waals surface area contributed by atoms with Crippen LogP contribution in [0.1, 0.15) is 15.9 Å². The number of anilines is 1. The topological polar surface area (TPSA) is 67.4 Å². The van der Waals surface area contributed by atoms with E-state index in [1.807, 2.05) is 54.7 Å². The van der Waals surface area contributed by atoms with Gasteiger partial charge in [-0.05, 0) is 23.8 Å². The number of benzene rings is 1. The molecule has 0 spiro atoms. The number of carbonyl (C=O) groups is 1. The Bertz CT molecular complexity index is 923. The van der Waals surface area contributed by atoms with Crippen LogP contribution in [0.15, 0.2) is 67.1 Å². The summed E-state index contributed by atoms with van der Waals surface area (Å²) in [7, 11) is 0. The van der Waals surface area contributed by atoms with Gasteiger partial charge in [0.05, 0.1) is 18.8 Å². The quantitative estimate of drug-likeness (QED) is 0.744. The zero-order valence-electron chi connectivity index (χ0n) is 15.5. The van der Waals surface area contributed by atoms with Crippen molar-refractivity contribution in [3.8, 4) is 11.1 Å². The fraction of sp³-hybridized carbons (Fsp3) is 0.227. The second-order valence-electron chi connectivity index (χ2n) is 6.64. The Balaban J connectivity index is 1.44. The lowest BCUT2D eigenvalue weighted by molar-refractivity contribution is 0.0950. The first kappa shape index (κ1) is 18.1. The van der Waals surface area contributed by atoms with Crippen LogP contribution in [-0.4, -0.2) is 42.2 Å². The predicted molar refractivity (Wildman–Crippen MR) is 108 cm³/mol. The average molecular weight is 374 g/mol. The van der Waals surface area contributed by atoms with Crippen LogP contribution in [0, 0.1) is 0 Å². The molecule has 0 bridgehead atoms. The summed E-state index contributed by atoms with van der Waals surface area (Å²) < 4.78 is 5.38. The van der Waals surface area contributed by atoms with Crippen LogP contribution in [0.25, 0.3) is 11.1 Å². The highest BCUT2D eigenvalue weighted by molar-refractivity contribution is 5.95. The average Bonchev–Trinajstić information content (AvgIpc) is 2.79.